The Morgan fingerprint density at radius 2 is 2.19 bits per heavy atom. The molecule has 0 spiro atoms. The van der Waals surface area contributed by atoms with Crippen LogP contribution in [0.4, 0.5) is 14.6 Å². The third-order valence-corrected chi connectivity index (χ3v) is 2.04. The number of carbonyl (C=O) groups is 1. The number of alkyl halides is 2. The molecule has 0 unspecified atom stereocenters. The van der Waals surface area contributed by atoms with E-state index in [1.165, 1.54) is 6.92 Å². The van der Waals surface area contributed by atoms with Crippen LogP contribution in [0.15, 0.2) is 6.07 Å². The summed E-state index contributed by atoms with van der Waals surface area (Å²) in [6.45, 7) is 1.28. The minimum atomic E-state index is -3.09. The molecule has 0 atom stereocenters. The standard InChI is InChI=1S/C8H5ClF2N2O3/c1-3-4(6(9)14)2-5(7(10)11)8(12-3)13(15)16/h2,7H,1H3. The van der Waals surface area contributed by atoms with Gasteiger partial charge in [-0.15, -0.1) is 0 Å². The van der Waals surface area contributed by atoms with Crippen LogP contribution in [0.5, 0.6) is 0 Å². The summed E-state index contributed by atoms with van der Waals surface area (Å²) in [5.74, 6) is -0.964. The minimum absolute atomic E-state index is 0.0592. The van der Waals surface area contributed by atoms with Crippen molar-refractivity contribution in [1.29, 1.82) is 0 Å². The molecule has 1 rings (SSSR count). The first-order valence-electron chi connectivity index (χ1n) is 3.98. The highest BCUT2D eigenvalue weighted by Gasteiger charge is 2.27. The maximum absolute atomic E-state index is 12.5. The van der Waals surface area contributed by atoms with E-state index in [1.54, 1.807) is 0 Å². The molecule has 0 saturated heterocycles. The number of nitro groups is 1. The fraction of sp³-hybridized carbons (Fsp3) is 0.250. The number of hydrogen-bond donors (Lipinski definition) is 0. The summed E-state index contributed by atoms with van der Waals surface area (Å²) < 4.78 is 24.9. The molecule has 1 heterocycles. The lowest BCUT2D eigenvalue weighted by atomic mass is 10.1. The van der Waals surface area contributed by atoms with Gasteiger partial charge in [-0.1, -0.05) is 0 Å². The van der Waals surface area contributed by atoms with Crippen LogP contribution in [0.3, 0.4) is 0 Å². The lowest BCUT2D eigenvalue weighted by Crippen LogP contribution is -2.05. The summed E-state index contributed by atoms with van der Waals surface area (Å²) in [5, 5.41) is 9.47. The Kier molecular flexibility index (Phi) is 3.48. The van der Waals surface area contributed by atoms with Gasteiger partial charge in [0, 0.05) is 6.92 Å². The fourth-order valence-electron chi connectivity index (χ4n) is 1.11. The summed E-state index contributed by atoms with van der Waals surface area (Å²) in [4.78, 5) is 23.6. The molecule has 0 bridgehead atoms. The SMILES string of the molecule is Cc1nc([N+](=O)[O-])c(C(F)F)cc1C(=O)Cl. The Morgan fingerprint density at radius 1 is 1.62 bits per heavy atom. The molecule has 86 valence electrons. The molecule has 0 aliphatic heterocycles. The molecule has 0 fully saturated rings. The van der Waals surface area contributed by atoms with Crippen molar-refractivity contribution in [2.24, 2.45) is 0 Å². The maximum atomic E-state index is 12.5. The van der Waals surface area contributed by atoms with Crippen LogP contribution in [0.1, 0.15) is 28.0 Å². The first-order chi connectivity index (χ1) is 7.34. The summed E-state index contributed by atoms with van der Waals surface area (Å²) in [7, 11) is 0. The van der Waals surface area contributed by atoms with E-state index in [0.29, 0.717) is 6.07 Å². The molecule has 0 aliphatic carbocycles. The van der Waals surface area contributed by atoms with Crippen LogP contribution < -0.4 is 0 Å². The highest BCUT2D eigenvalue weighted by Crippen LogP contribution is 2.29. The Hall–Kier alpha value is -1.63. The molecule has 0 amide bonds. The molecule has 0 N–H and O–H groups in total. The smallest absolute Gasteiger partial charge is 0.358 e. The third-order valence-electron chi connectivity index (χ3n) is 1.84. The second kappa shape index (κ2) is 4.48. The molecular formula is C8H5ClF2N2O3. The van der Waals surface area contributed by atoms with Crippen LogP contribution in [0.25, 0.3) is 0 Å². The predicted molar refractivity (Wildman–Crippen MR) is 50.8 cm³/mol. The Labute approximate surface area is 93.2 Å². The zero-order valence-electron chi connectivity index (χ0n) is 7.91. The van der Waals surface area contributed by atoms with E-state index in [9.17, 15) is 23.7 Å². The van der Waals surface area contributed by atoms with Crippen molar-refractivity contribution in [3.63, 3.8) is 0 Å². The molecule has 1 aromatic heterocycles. The van der Waals surface area contributed by atoms with Crippen molar-refractivity contribution >= 4 is 22.7 Å². The van der Waals surface area contributed by atoms with Gasteiger partial charge in [-0.25, -0.2) is 8.78 Å². The Bertz CT molecular complexity index is 465. The highest BCUT2D eigenvalue weighted by molar-refractivity contribution is 6.67. The highest BCUT2D eigenvalue weighted by atomic mass is 35.5. The van der Waals surface area contributed by atoms with E-state index >= 15 is 0 Å². The molecule has 0 saturated carbocycles. The van der Waals surface area contributed by atoms with Gasteiger partial charge >= 0.3 is 5.82 Å². The van der Waals surface area contributed by atoms with Gasteiger partial charge in [0.05, 0.1) is 5.56 Å². The molecule has 16 heavy (non-hydrogen) atoms. The maximum Gasteiger partial charge on any atom is 0.372 e. The van der Waals surface area contributed by atoms with Gasteiger partial charge < -0.3 is 10.1 Å². The number of hydrogen-bond acceptors (Lipinski definition) is 4. The van der Waals surface area contributed by atoms with Crippen molar-refractivity contribution < 1.29 is 18.5 Å². The minimum Gasteiger partial charge on any atom is -0.358 e. The zero-order valence-corrected chi connectivity index (χ0v) is 8.66. The van der Waals surface area contributed by atoms with E-state index in [2.05, 4.69) is 4.98 Å². The topological polar surface area (TPSA) is 73.1 Å². The van der Waals surface area contributed by atoms with Crippen molar-refractivity contribution in [2.75, 3.05) is 0 Å². The number of aromatic nitrogens is 1. The number of nitrogens with zero attached hydrogens (tertiary/aromatic N) is 2. The van der Waals surface area contributed by atoms with Crippen molar-refractivity contribution in [1.82, 2.24) is 4.98 Å². The van der Waals surface area contributed by atoms with E-state index in [-0.39, 0.29) is 11.3 Å². The first-order valence-corrected chi connectivity index (χ1v) is 4.36. The first kappa shape index (κ1) is 12.4. The molecule has 0 aliphatic rings. The van der Waals surface area contributed by atoms with Crippen molar-refractivity contribution in [3.8, 4) is 0 Å². The quantitative estimate of drug-likeness (QED) is 0.469. The Balaban J connectivity index is 3.49. The van der Waals surface area contributed by atoms with Gasteiger partial charge in [0.2, 0.25) is 0 Å². The van der Waals surface area contributed by atoms with E-state index < -0.39 is 28.0 Å². The molecular weight excluding hydrogens is 246 g/mol. The van der Waals surface area contributed by atoms with Crippen molar-refractivity contribution in [3.05, 3.63) is 33.0 Å². The average molecular weight is 251 g/mol. The van der Waals surface area contributed by atoms with Crippen LogP contribution in [0.2, 0.25) is 0 Å². The van der Waals surface area contributed by atoms with E-state index in [0.717, 1.165) is 0 Å². The molecule has 0 radical (unpaired) electrons. The normalized spacial score (nSPS) is 10.6. The van der Waals surface area contributed by atoms with Gasteiger partial charge in [-0.05, 0) is 27.6 Å². The number of aryl methyl sites for hydroxylation is 1. The van der Waals surface area contributed by atoms with Gasteiger partial charge in [0.25, 0.3) is 11.7 Å². The largest absolute Gasteiger partial charge is 0.372 e. The Morgan fingerprint density at radius 3 is 2.56 bits per heavy atom. The second-order valence-corrected chi connectivity index (χ2v) is 3.21. The molecule has 5 nitrogen and oxygen atoms in total. The van der Waals surface area contributed by atoms with Crippen LogP contribution >= 0.6 is 11.6 Å². The third kappa shape index (κ3) is 2.30. The van der Waals surface area contributed by atoms with E-state index in [4.69, 9.17) is 11.6 Å². The lowest BCUT2D eigenvalue weighted by molar-refractivity contribution is -0.391. The van der Waals surface area contributed by atoms with Crippen LogP contribution in [0, 0.1) is 17.0 Å². The molecule has 0 aromatic carbocycles. The van der Waals surface area contributed by atoms with Gasteiger partial charge in [0.1, 0.15) is 5.56 Å². The molecule has 1 aromatic rings. The van der Waals surface area contributed by atoms with Crippen LogP contribution in [-0.2, 0) is 0 Å². The summed E-state index contributed by atoms with van der Waals surface area (Å²) in [6, 6.07) is 0.695. The van der Waals surface area contributed by atoms with Crippen molar-refractivity contribution in [2.45, 2.75) is 13.3 Å². The van der Waals surface area contributed by atoms with E-state index in [1.807, 2.05) is 0 Å². The number of pyridine rings is 1. The second-order valence-electron chi connectivity index (χ2n) is 2.87. The van der Waals surface area contributed by atoms with Gasteiger partial charge in [0.15, 0.2) is 5.69 Å². The van der Waals surface area contributed by atoms with Gasteiger partial charge in [-0.3, -0.25) is 4.79 Å². The summed E-state index contributed by atoms with van der Waals surface area (Å²) in [6.07, 6.45) is -3.09. The summed E-state index contributed by atoms with van der Waals surface area (Å²) in [5.41, 5.74) is -1.24. The molecule has 8 heteroatoms. The predicted octanol–water partition coefficient (Wildman–Crippen LogP) is 2.61. The number of rotatable bonds is 3. The number of carbonyl (C=O) groups excluding carboxylic acids is 1. The number of halogens is 3. The van der Waals surface area contributed by atoms with Crippen LogP contribution in [-0.4, -0.2) is 15.1 Å². The monoisotopic (exact) mass is 250 g/mol. The summed E-state index contributed by atoms with van der Waals surface area (Å²) >= 11 is 5.12. The lowest BCUT2D eigenvalue weighted by Gasteiger charge is -2.03. The average Bonchev–Trinajstić information content (AvgIpc) is 2.15. The van der Waals surface area contributed by atoms with Gasteiger partial charge in [-0.2, -0.15) is 0 Å². The fourth-order valence-corrected chi connectivity index (χ4v) is 1.31. The zero-order chi connectivity index (χ0) is 12.5.